The maximum atomic E-state index is 12.5. The number of halogens is 1. The molecule has 7 heteroatoms. The second kappa shape index (κ2) is 5.96. The summed E-state index contributed by atoms with van der Waals surface area (Å²) in [4.78, 5) is 24.6. The average Bonchev–Trinajstić information content (AvgIpc) is 2.86. The Labute approximate surface area is 133 Å². The number of aryl methyl sites for hydroxylation is 2. The third kappa shape index (κ3) is 2.78. The molecule has 1 fully saturated rings. The van der Waals surface area contributed by atoms with Crippen LogP contribution in [0.5, 0.6) is 0 Å². The molecule has 3 rings (SSSR count). The van der Waals surface area contributed by atoms with Crippen LogP contribution in [0, 0.1) is 13.8 Å². The van der Waals surface area contributed by atoms with Crippen LogP contribution in [0.1, 0.15) is 22.1 Å². The number of amides is 1. The number of carbonyl (C=O) groups is 1. The smallest absolute Gasteiger partial charge is 0.291 e. The van der Waals surface area contributed by atoms with E-state index in [1.165, 1.54) is 0 Å². The van der Waals surface area contributed by atoms with Gasteiger partial charge < -0.3 is 14.2 Å². The van der Waals surface area contributed by atoms with Gasteiger partial charge in [-0.2, -0.15) is 0 Å². The van der Waals surface area contributed by atoms with Gasteiger partial charge in [0.15, 0.2) is 5.89 Å². The van der Waals surface area contributed by atoms with Gasteiger partial charge in [-0.3, -0.25) is 9.78 Å². The Balaban J connectivity index is 1.68. The van der Waals surface area contributed by atoms with Gasteiger partial charge >= 0.3 is 0 Å². The molecule has 0 spiro atoms. The van der Waals surface area contributed by atoms with Gasteiger partial charge in [0.05, 0.1) is 16.4 Å². The van der Waals surface area contributed by atoms with Crippen molar-refractivity contribution in [3.05, 3.63) is 40.8 Å². The third-order valence-corrected chi connectivity index (χ3v) is 4.05. The molecule has 0 bridgehead atoms. The van der Waals surface area contributed by atoms with Crippen molar-refractivity contribution in [1.29, 1.82) is 0 Å². The Morgan fingerprint density at radius 1 is 1.27 bits per heavy atom. The number of rotatable bonds is 2. The van der Waals surface area contributed by atoms with Crippen molar-refractivity contribution in [2.45, 2.75) is 13.8 Å². The Kier molecular flexibility index (Phi) is 4.02. The molecule has 3 heterocycles. The predicted molar refractivity (Wildman–Crippen MR) is 83.3 cm³/mol. The highest BCUT2D eigenvalue weighted by Gasteiger charge is 2.26. The van der Waals surface area contributed by atoms with E-state index in [0.29, 0.717) is 35.5 Å². The highest BCUT2D eigenvalue weighted by Crippen LogP contribution is 2.25. The van der Waals surface area contributed by atoms with Crippen LogP contribution in [0.25, 0.3) is 0 Å². The lowest BCUT2D eigenvalue weighted by Gasteiger charge is -2.36. The van der Waals surface area contributed by atoms with E-state index in [1.807, 2.05) is 6.07 Å². The number of pyridine rings is 1. The predicted octanol–water partition coefficient (Wildman–Crippen LogP) is 2.30. The summed E-state index contributed by atoms with van der Waals surface area (Å²) in [6, 6.07) is 1.89. The third-order valence-electron chi connectivity index (χ3n) is 3.76. The zero-order valence-electron chi connectivity index (χ0n) is 12.5. The SMILES string of the molecule is Cc1nc(C)c(C(=O)N2CCN(c3ccncc3Cl)CC2)o1. The van der Waals surface area contributed by atoms with E-state index in [-0.39, 0.29) is 5.91 Å². The summed E-state index contributed by atoms with van der Waals surface area (Å²) in [6.45, 7) is 6.22. The van der Waals surface area contributed by atoms with Gasteiger partial charge in [-0.15, -0.1) is 0 Å². The average molecular weight is 321 g/mol. The van der Waals surface area contributed by atoms with Crippen molar-refractivity contribution in [3.8, 4) is 0 Å². The number of aromatic nitrogens is 2. The second-order valence-electron chi connectivity index (χ2n) is 5.25. The molecule has 2 aromatic rings. The molecule has 0 radical (unpaired) electrons. The topological polar surface area (TPSA) is 62.5 Å². The molecule has 0 atom stereocenters. The second-order valence-corrected chi connectivity index (χ2v) is 5.66. The number of anilines is 1. The summed E-state index contributed by atoms with van der Waals surface area (Å²) in [5.41, 5.74) is 1.59. The lowest BCUT2D eigenvalue weighted by Crippen LogP contribution is -2.49. The lowest BCUT2D eigenvalue weighted by atomic mass is 10.2. The first-order valence-corrected chi connectivity index (χ1v) is 7.52. The number of piperazine rings is 1. The van der Waals surface area contributed by atoms with E-state index >= 15 is 0 Å². The van der Waals surface area contributed by atoms with Crippen LogP contribution >= 0.6 is 11.6 Å². The number of nitrogens with zero attached hydrogens (tertiary/aromatic N) is 4. The number of hydrogen-bond acceptors (Lipinski definition) is 5. The van der Waals surface area contributed by atoms with Gasteiger partial charge in [0.2, 0.25) is 5.76 Å². The molecule has 1 aliphatic rings. The lowest BCUT2D eigenvalue weighted by molar-refractivity contribution is 0.0712. The van der Waals surface area contributed by atoms with Crippen LogP contribution < -0.4 is 4.90 Å². The van der Waals surface area contributed by atoms with Crippen molar-refractivity contribution in [3.63, 3.8) is 0 Å². The molecule has 6 nitrogen and oxygen atoms in total. The van der Waals surface area contributed by atoms with Gasteiger partial charge in [0, 0.05) is 45.5 Å². The minimum absolute atomic E-state index is 0.0985. The van der Waals surface area contributed by atoms with Gasteiger partial charge in [-0.1, -0.05) is 11.6 Å². The molecule has 1 amide bonds. The summed E-state index contributed by atoms with van der Waals surface area (Å²) < 4.78 is 5.41. The Morgan fingerprint density at radius 2 is 2.00 bits per heavy atom. The molecule has 0 aromatic carbocycles. The van der Waals surface area contributed by atoms with Crippen LogP contribution in [-0.4, -0.2) is 47.0 Å². The van der Waals surface area contributed by atoms with Crippen LogP contribution in [0.2, 0.25) is 5.02 Å². The molecule has 116 valence electrons. The minimum atomic E-state index is -0.0985. The first-order valence-electron chi connectivity index (χ1n) is 7.14. The number of carbonyl (C=O) groups excluding carboxylic acids is 1. The number of hydrogen-bond donors (Lipinski definition) is 0. The Bertz CT molecular complexity index is 693. The normalized spacial score (nSPS) is 15.2. The Morgan fingerprint density at radius 3 is 2.59 bits per heavy atom. The van der Waals surface area contributed by atoms with E-state index < -0.39 is 0 Å². The first kappa shape index (κ1) is 14.8. The largest absolute Gasteiger partial charge is 0.436 e. The van der Waals surface area contributed by atoms with E-state index in [0.717, 1.165) is 18.8 Å². The molecule has 2 aromatic heterocycles. The van der Waals surface area contributed by atoms with Crippen molar-refractivity contribution < 1.29 is 9.21 Å². The summed E-state index contributed by atoms with van der Waals surface area (Å²) in [7, 11) is 0. The molecule has 1 saturated heterocycles. The molecule has 0 aliphatic carbocycles. The minimum Gasteiger partial charge on any atom is -0.436 e. The van der Waals surface area contributed by atoms with Crippen LogP contribution in [0.15, 0.2) is 22.9 Å². The van der Waals surface area contributed by atoms with Crippen LogP contribution in [-0.2, 0) is 0 Å². The maximum Gasteiger partial charge on any atom is 0.291 e. The summed E-state index contributed by atoms with van der Waals surface area (Å²) >= 11 is 6.17. The molecule has 0 N–H and O–H groups in total. The first-order chi connectivity index (χ1) is 10.6. The number of oxazole rings is 1. The fraction of sp³-hybridized carbons (Fsp3) is 0.400. The van der Waals surface area contributed by atoms with E-state index in [4.69, 9.17) is 16.0 Å². The molecule has 1 aliphatic heterocycles. The van der Waals surface area contributed by atoms with Crippen molar-refractivity contribution in [1.82, 2.24) is 14.9 Å². The standard InChI is InChI=1S/C15H17ClN4O2/c1-10-14(22-11(2)18-10)15(21)20-7-5-19(6-8-20)13-3-4-17-9-12(13)16/h3-4,9H,5-8H2,1-2H3. The highest BCUT2D eigenvalue weighted by molar-refractivity contribution is 6.33. The maximum absolute atomic E-state index is 12.5. The monoisotopic (exact) mass is 320 g/mol. The molecule has 0 unspecified atom stereocenters. The summed E-state index contributed by atoms with van der Waals surface area (Å²) in [5, 5.41) is 0.629. The van der Waals surface area contributed by atoms with Gasteiger partial charge in [-0.05, 0) is 13.0 Å². The van der Waals surface area contributed by atoms with E-state index in [9.17, 15) is 4.79 Å². The van der Waals surface area contributed by atoms with Gasteiger partial charge in [0.25, 0.3) is 5.91 Å². The van der Waals surface area contributed by atoms with Crippen molar-refractivity contribution in [2.75, 3.05) is 31.1 Å². The van der Waals surface area contributed by atoms with Crippen molar-refractivity contribution in [2.24, 2.45) is 0 Å². The summed E-state index contributed by atoms with van der Waals surface area (Å²) in [6.07, 6.45) is 3.36. The fourth-order valence-corrected chi connectivity index (χ4v) is 2.89. The quantitative estimate of drug-likeness (QED) is 0.849. The van der Waals surface area contributed by atoms with Gasteiger partial charge in [0.1, 0.15) is 0 Å². The van der Waals surface area contributed by atoms with Crippen LogP contribution in [0.3, 0.4) is 0 Å². The molecular weight excluding hydrogens is 304 g/mol. The van der Waals surface area contributed by atoms with E-state index in [2.05, 4.69) is 14.9 Å². The zero-order chi connectivity index (χ0) is 15.7. The zero-order valence-corrected chi connectivity index (χ0v) is 13.3. The Hall–Kier alpha value is -2.08. The summed E-state index contributed by atoms with van der Waals surface area (Å²) in [5.74, 6) is 0.759. The van der Waals surface area contributed by atoms with Gasteiger partial charge in [-0.25, -0.2) is 4.98 Å². The molecular formula is C15H17ClN4O2. The fourth-order valence-electron chi connectivity index (χ4n) is 2.65. The van der Waals surface area contributed by atoms with Crippen molar-refractivity contribution >= 4 is 23.2 Å². The molecule has 0 saturated carbocycles. The highest BCUT2D eigenvalue weighted by atomic mass is 35.5. The van der Waals surface area contributed by atoms with Crippen LogP contribution in [0.4, 0.5) is 5.69 Å². The van der Waals surface area contributed by atoms with E-state index in [1.54, 1.807) is 31.1 Å². The molecule has 22 heavy (non-hydrogen) atoms.